The van der Waals surface area contributed by atoms with Gasteiger partial charge in [-0.3, -0.25) is 33.7 Å². The van der Waals surface area contributed by atoms with Gasteiger partial charge in [-0.25, -0.2) is 13.4 Å². The van der Waals surface area contributed by atoms with Gasteiger partial charge in [-0.05, 0) is 74.1 Å². The van der Waals surface area contributed by atoms with Crippen molar-refractivity contribution in [2.45, 2.75) is 56.0 Å². The van der Waals surface area contributed by atoms with E-state index in [0.29, 0.717) is 63.7 Å². The Hall–Kier alpha value is -6.02. The first-order valence-corrected chi connectivity index (χ1v) is 24.7. The topological polar surface area (TPSA) is 211 Å². The van der Waals surface area contributed by atoms with Gasteiger partial charge in [-0.2, -0.15) is 4.98 Å². The second-order valence-corrected chi connectivity index (χ2v) is 20.5. The average Bonchev–Trinajstić information content (AvgIpc) is 3.93. The Balaban J connectivity index is 0.665. The third kappa shape index (κ3) is 8.37. The predicted octanol–water partition coefficient (Wildman–Crippen LogP) is 4.12. The van der Waals surface area contributed by atoms with Crippen LogP contribution in [0.2, 0.25) is 5.02 Å². The van der Waals surface area contributed by atoms with E-state index >= 15 is 0 Å². The Morgan fingerprint density at radius 2 is 1.65 bits per heavy atom. The summed E-state index contributed by atoms with van der Waals surface area (Å²) in [4.78, 5) is 65.0. The van der Waals surface area contributed by atoms with Crippen LogP contribution in [0, 0.1) is 5.92 Å². The van der Waals surface area contributed by atoms with E-state index < -0.39 is 39.7 Å². The minimum Gasteiger partial charge on any atom is -0.494 e. The molecule has 4 amide bonds. The van der Waals surface area contributed by atoms with Gasteiger partial charge in [-0.1, -0.05) is 23.7 Å². The number of sulfonamides is 1. The van der Waals surface area contributed by atoms with Gasteiger partial charge in [0.25, 0.3) is 11.8 Å². The fourth-order valence-electron chi connectivity index (χ4n) is 9.96. The molecule has 1 spiro atoms. The van der Waals surface area contributed by atoms with Gasteiger partial charge in [-0.15, -0.1) is 0 Å². The maximum atomic E-state index is 13.2. The van der Waals surface area contributed by atoms with E-state index in [2.05, 4.69) is 52.4 Å². The van der Waals surface area contributed by atoms with E-state index in [4.69, 9.17) is 16.3 Å². The first-order chi connectivity index (χ1) is 31.8. The van der Waals surface area contributed by atoms with Crippen molar-refractivity contribution < 1.29 is 32.3 Å². The number of carbonyl (C=O) groups excluding carboxylic acids is 4. The molecule has 20 heteroatoms. The first-order valence-electron chi connectivity index (χ1n) is 22.4. The van der Waals surface area contributed by atoms with E-state index in [1.807, 2.05) is 36.4 Å². The number of methoxy groups -OCH3 is 1. The van der Waals surface area contributed by atoms with Crippen LogP contribution >= 0.6 is 11.6 Å². The normalized spacial score (nSPS) is 20.4. The molecule has 6 aliphatic rings. The third-order valence-electron chi connectivity index (χ3n) is 13.8. The molecule has 4 fully saturated rings. The maximum absolute atomic E-state index is 13.2. The summed E-state index contributed by atoms with van der Waals surface area (Å²) in [6.07, 6.45) is 6.88. The molecular formula is C46H52ClN11O7S. The Morgan fingerprint density at radius 3 is 2.39 bits per heavy atom. The number of anilines is 7. The monoisotopic (exact) mass is 937 g/mol. The fraction of sp³-hybridized carbons (Fsp3) is 0.435. The van der Waals surface area contributed by atoms with Gasteiger partial charge in [0.15, 0.2) is 5.82 Å². The van der Waals surface area contributed by atoms with Crippen LogP contribution in [0.5, 0.6) is 5.75 Å². The lowest BCUT2D eigenvalue weighted by atomic mass is 9.98. The highest BCUT2D eigenvalue weighted by Crippen LogP contribution is 2.59. The van der Waals surface area contributed by atoms with E-state index in [0.717, 1.165) is 93.3 Å². The number of hydrogen-bond acceptors (Lipinski definition) is 15. The average molecular weight is 939 g/mol. The molecule has 1 aromatic heterocycles. The molecule has 1 aliphatic carbocycles. The molecule has 10 rings (SSSR count). The number of para-hydroxylation sites is 1. The van der Waals surface area contributed by atoms with Gasteiger partial charge >= 0.3 is 0 Å². The number of halogens is 1. The van der Waals surface area contributed by atoms with E-state index in [9.17, 15) is 27.6 Å². The van der Waals surface area contributed by atoms with Crippen molar-refractivity contribution in [1.82, 2.24) is 30.8 Å². The highest BCUT2D eigenvalue weighted by atomic mass is 35.5. The number of nitrogens with zero attached hydrogens (tertiary/aromatic N) is 6. The van der Waals surface area contributed by atoms with Crippen LogP contribution in [0.25, 0.3) is 0 Å². The molecule has 5 N–H and O–H groups in total. The Labute approximate surface area is 387 Å². The van der Waals surface area contributed by atoms with Crippen molar-refractivity contribution >= 4 is 85.5 Å². The number of ether oxygens (including phenoxy) is 1. The fourth-order valence-corrected chi connectivity index (χ4v) is 11.1. The van der Waals surface area contributed by atoms with Crippen LogP contribution in [0.3, 0.4) is 0 Å². The molecule has 3 saturated heterocycles. The van der Waals surface area contributed by atoms with Crippen LogP contribution in [-0.4, -0.2) is 125 Å². The SMILES string of the molecule is COc1cc(N2CCC(NCCNCC3CN(c4ccc5c(c4)C(=O)N(C4CCC(=O)NC4=O)C5=O)C3)CC2)ccc1Nc1ncc(Cl)c(Nc2cccc3c2N(S(C)(=O)=O)CC32CC2)n1. The number of imide groups is 2. The standard InChI is InChI=1S/C46H52ClN11O7S/c1-65-38-21-30(7-9-35(38)52-45-50-23-34(47)41(54-45)51-36-5-3-4-33-40(36)57(66(2,63)64)26-46(33)14-15-46)55-18-12-28(13-19-55)49-17-16-48-22-27-24-56(25-27)29-6-8-31-32(20-29)44(62)58(43(31)61)37-10-11-39(59)53-42(37)60/h3-9,20-21,23,27-28,37,48-49H,10-19,22,24-26H2,1-2H3,(H,53,59,60)(H2,50,51,52,54). The molecule has 6 heterocycles. The molecule has 1 saturated carbocycles. The number of benzene rings is 3. The van der Waals surface area contributed by atoms with Crippen molar-refractivity contribution in [3.63, 3.8) is 0 Å². The smallest absolute Gasteiger partial charge is 0.262 e. The number of aromatic nitrogens is 2. The number of hydrogen-bond donors (Lipinski definition) is 5. The molecule has 5 aliphatic heterocycles. The maximum Gasteiger partial charge on any atom is 0.262 e. The van der Waals surface area contributed by atoms with E-state index in [1.165, 1.54) is 16.8 Å². The number of carbonyl (C=O) groups is 4. The first kappa shape index (κ1) is 43.9. The van der Waals surface area contributed by atoms with E-state index in [1.54, 1.807) is 19.2 Å². The molecule has 3 aromatic carbocycles. The second kappa shape index (κ2) is 17.3. The summed E-state index contributed by atoms with van der Waals surface area (Å²) in [5, 5.41) is 16.4. The quantitative estimate of drug-likeness (QED) is 0.0839. The van der Waals surface area contributed by atoms with Crippen molar-refractivity contribution in [2.75, 3.05) is 90.5 Å². The van der Waals surface area contributed by atoms with Gasteiger partial charge in [0.2, 0.25) is 27.8 Å². The summed E-state index contributed by atoms with van der Waals surface area (Å²) in [5.41, 5.74) is 5.35. The van der Waals surface area contributed by atoms with Gasteiger partial charge in [0.05, 0.1) is 47.8 Å². The van der Waals surface area contributed by atoms with Crippen LogP contribution in [-0.2, 0) is 25.0 Å². The Morgan fingerprint density at radius 1 is 0.894 bits per heavy atom. The summed E-state index contributed by atoms with van der Waals surface area (Å²) in [7, 11) is -1.87. The highest BCUT2D eigenvalue weighted by Gasteiger charge is 2.54. The molecular weight excluding hydrogens is 886 g/mol. The third-order valence-corrected chi connectivity index (χ3v) is 15.1. The molecule has 0 radical (unpaired) electrons. The molecule has 4 aromatic rings. The van der Waals surface area contributed by atoms with Gasteiger partial charge in [0, 0.05) is 93.6 Å². The zero-order chi connectivity index (χ0) is 45.9. The molecule has 346 valence electrons. The van der Waals surface area contributed by atoms with Crippen LogP contribution < -0.4 is 45.4 Å². The van der Waals surface area contributed by atoms with Crippen LogP contribution in [0.4, 0.5) is 40.2 Å². The summed E-state index contributed by atoms with van der Waals surface area (Å²) >= 11 is 6.58. The zero-order valence-electron chi connectivity index (χ0n) is 36.7. The summed E-state index contributed by atoms with van der Waals surface area (Å²) in [6, 6.07) is 16.5. The Bertz CT molecular complexity index is 2740. The van der Waals surface area contributed by atoms with Gasteiger partial charge in [0.1, 0.15) is 16.8 Å². The minimum absolute atomic E-state index is 0.0877. The lowest BCUT2D eigenvalue weighted by Gasteiger charge is -2.41. The number of piperidine rings is 2. The van der Waals surface area contributed by atoms with Crippen molar-refractivity contribution in [3.05, 3.63) is 82.5 Å². The lowest BCUT2D eigenvalue weighted by Crippen LogP contribution is -2.54. The molecule has 66 heavy (non-hydrogen) atoms. The van der Waals surface area contributed by atoms with E-state index in [-0.39, 0.29) is 23.8 Å². The number of amides is 4. The van der Waals surface area contributed by atoms with Crippen molar-refractivity contribution in [1.29, 1.82) is 0 Å². The Kier molecular flexibility index (Phi) is 11.5. The summed E-state index contributed by atoms with van der Waals surface area (Å²) in [5.74, 6) is -0.261. The molecule has 0 bridgehead atoms. The lowest BCUT2D eigenvalue weighted by molar-refractivity contribution is -0.136. The van der Waals surface area contributed by atoms with Crippen LogP contribution in [0.15, 0.2) is 60.8 Å². The van der Waals surface area contributed by atoms with Crippen molar-refractivity contribution in [2.24, 2.45) is 5.92 Å². The van der Waals surface area contributed by atoms with Gasteiger partial charge < -0.3 is 35.8 Å². The second-order valence-electron chi connectivity index (χ2n) is 18.1. The zero-order valence-corrected chi connectivity index (χ0v) is 38.3. The van der Waals surface area contributed by atoms with Crippen molar-refractivity contribution in [3.8, 4) is 5.75 Å². The molecule has 1 atom stereocenters. The highest BCUT2D eigenvalue weighted by molar-refractivity contribution is 7.92. The van der Waals surface area contributed by atoms with Crippen LogP contribution in [0.1, 0.15) is 64.8 Å². The molecule has 18 nitrogen and oxygen atoms in total. The summed E-state index contributed by atoms with van der Waals surface area (Å²) < 4.78 is 32.9. The number of rotatable bonds is 15. The largest absolute Gasteiger partial charge is 0.494 e. The summed E-state index contributed by atoms with van der Waals surface area (Å²) in [6.45, 7) is 6.47. The predicted molar refractivity (Wildman–Crippen MR) is 251 cm³/mol. The number of nitrogens with one attached hydrogen (secondary N) is 5. The molecule has 1 unspecified atom stereocenters. The number of fused-ring (bicyclic) bond motifs is 3. The minimum atomic E-state index is -3.50.